The van der Waals surface area contributed by atoms with Gasteiger partial charge in [-0.05, 0) is 79.2 Å². The largest absolute Gasteiger partial charge is 0.364 e. The van der Waals surface area contributed by atoms with Crippen LogP contribution in [0.1, 0.15) is 42.4 Å². The molecule has 3 nitrogen and oxygen atoms in total. The third-order valence-electron chi connectivity index (χ3n) is 8.54. The Balaban J connectivity index is 1.21. The van der Waals surface area contributed by atoms with Gasteiger partial charge in [0.15, 0.2) is 5.78 Å². The van der Waals surface area contributed by atoms with Crippen molar-refractivity contribution in [3.63, 3.8) is 0 Å². The molecule has 168 valence electrons. The summed E-state index contributed by atoms with van der Waals surface area (Å²) >= 11 is 0. The lowest BCUT2D eigenvalue weighted by molar-refractivity contribution is -0.133. The van der Waals surface area contributed by atoms with Crippen LogP contribution in [0, 0.1) is 23.7 Å². The van der Waals surface area contributed by atoms with Gasteiger partial charge in [-0.2, -0.15) is 0 Å². The van der Waals surface area contributed by atoms with Crippen LogP contribution in [-0.4, -0.2) is 28.8 Å². The fourth-order valence-corrected chi connectivity index (χ4v) is 6.71. The number of allylic oxidation sites excluding steroid dienone is 5. The number of benzene rings is 1. The maximum atomic E-state index is 13.9. The molecule has 4 atom stereocenters. The molecule has 1 aliphatic heterocycles. The third kappa shape index (κ3) is 3.68. The van der Waals surface area contributed by atoms with E-state index in [-0.39, 0.29) is 12.0 Å². The molecule has 4 aliphatic rings. The second-order valence-corrected chi connectivity index (χ2v) is 10.4. The Bertz CT molecular complexity index is 1120. The molecule has 1 aromatic carbocycles. The van der Waals surface area contributed by atoms with Crippen molar-refractivity contribution in [2.45, 2.75) is 44.6 Å². The molecule has 1 saturated carbocycles. The highest BCUT2D eigenvalue weighted by atomic mass is 16.1. The van der Waals surface area contributed by atoms with Gasteiger partial charge in [-0.3, -0.25) is 9.78 Å². The van der Waals surface area contributed by atoms with Crippen LogP contribution in [0.25, 0.3) is 5.70 Å². The Kier molecular flexibility index (Phi) is 5.28. The normalized spacial score (nSPS) is 28.5. The lowest BCUT2D eigenvalue weighted by Crippen LogP contribution is -2.49. The van der Waals surface area contributed by atoms with Gasteiger partial charge in [0.25, 0.3) is 0 Å². The van der Waals surface area contributed by atoms with Crippen LogP contribution in [0.15, 0.2) is 78.7 Å². The molecule has 2 heterocycles. The summed E-state index contributed by atoms with van der Waals surface area (Å²) in [4.78, 5) is 20.4. The smallest absolute Gasteiger partial charge is 0.158 e. The number of pyridine rings is 1. The van der Waals surface area contributed by atoms with Gasteiger partial charge in [-0.15, -0.1) is 0 Å². The van der Waals surface area contributed by atoms with Crippen molar-refractivity contribution in [3.8, 4) is 0 Å². The van der Waals surface area contributed by atoms with E-state index >= 15 is 0 Å². The molecule has 1 fully saturated rings. The third-order valence-corrected chi connectivity index (χ3v) is 8.54. The molecule has 2 aromatic rings. The van der Waals surface area contributed by atoms with Crippen molar-refractivity contribution < 1.29 is 4.79 Å². The highest BCUT2D eigenvalue weighted by molar-refractivity contribution is 5.90. The summed E-state index contributed by atoms with van der Waals surface area (Å²) in [5.41, 5.74) is 6.71. The van der Waals surface area contributed by atoms with E-state index in [9.17, 15) is 4.79 Å². The summed E-state index contributed by atoms with van der Waals surface area (Å²) in [5, 5.41) is 0. The van der Waals surface area contributed by atoms with Crippen LogP contribution < -0.4 is 0 Å². The zero-order chi connectivity index (χ0) is 22.4. The van der Waals surface area contributed by atoms with E-state index in [0.29, 0.717) is 23.5 Å². The van der Waals surface area contributed by atoms with E-state index in [2.05, 4.69) is 77.6 Å². The second kappa shape index (κ2) is 8.44. The van der Waals surface area contributed by atoms with Crippen LogP contribution in [0.4, 0.5) is 0 Å². The monoisotopic (exact) mass is 436 g/mol. The molecule has 1 aromatic heterocycles. The minimum absolute atomic E-state index is 0.0494. The van der Waals surface area contributed by atoms with Crippen molar-refractivity contribution >= 4 is 11.5 Å². The maximum Gasteiger partial charge on any atom is 0.158 e. The van der Waals surface area contributed by atoms with Crippen LogP contribution in [-0.2, 0) is 17.6 Å². The number of carbonyl (C=O) groups excluding carboxylic acids is 1. The topological polar surface area (TPSA) is 33.2 Å². The molecule has 0 spiro atoms. The Morgan fingerprint density at radius 2 is 1.79 bits per heavy atom. The summed E-state index contributed by atoms with van der Waals surface area (Å²) < 4.78 is 0. The molecule has 0 N–H and O–H groups in total. The van der Waals surface area contributed by atoms with Gasteiger partial charge in [-0.1, -0.05) is 48.6 Å². The minimum atomic E-state index is -0.0494. The first-order chi connectivity index (χ1) is 16.2. The fourth-order valence-electron chi connectivity index (χ4n) is 6.71. The lowest BCUT2D eigenvalue weighted by Gasteiger charge is -2.45. The average Bonchev–Trinajstić information content (AvgIpc) is 3.25. The highest BCUT2D eigenvalue weighted by Crippen LogP contribution is 2.46. The van der Waals surface area contributed by atoms with E-state index in [4.69, 9.17) is 0 Å². The molecule has 33 heavy (non-hydrogen) atoms. The molecular weight excluding hydrogens is 404 g/mol. The Labute approximate surface area is 196 Å². The molecule has 6 rings (SSSR count). The summed E-state index contributed by atoms with van der Waals surface area (Å²) in [6.45, 7) is 0. The van der Waals surface area contributed by atoms with Gasteiger partial charge in [0, 0.05) is 42.5 Å². The van der Waals surface area contributed by atoms with Gasteiger partial charge >= 0.3 is 0 Å². The number of Topliss-reactive ketones (excluding diaryl/α,β-unsaturated/α-hetero) is 1. The summed E-state index contributed by atoms with van der Waals surface area (Å²) in [7, 11) is 2.12. The average molecular weight is 437 g/mol. The quantitative estimate of drug-likeness (QED) is 0.608. The summed E-state index contributed by atoms with van der Waals surface area (Å²) in [6.07, 6.45) is 19.2. The summed E-state index contributed by atoms with van der Waals surface area (Å²) in [6, 6.07) is 13.0. The predicted octanol–water partition coefficient (Wildman–Crippen LogP) is 5.64. The Morgan fingerprint density at radius 3 is 2.48 bits per heavy atom. The standard InChI is InChI=1S/C30H32N2O/c1-32-28(19-24-8-4-5-9-26(24)29(32)21-12-14-31-15-13-21)30(33)27-11-10-25(27)18-20-16-22-6-2-3-7-23(22)17-20/h2-9,12-15,20,24-25,27-28H,10-11,16-19H2,1H3/t24?,25-,27?,28?/m1/s1. The number of carbonyl (C=O) groups is 1. The first kappa shape index (κ1) is 20.7. The first-order valence-corrected chi connectivity index (χ1v) is 12.5. The number of rotatable bonds is 5. The first-order valence-electron chi connectivity index (χ1n) is 12.5. The molecule has 0 radical (unpaired) electrons. The number of hydrogen-bond donors (Lipinski definition) is 0. The summed E-state index contributed by atoms with van der Waals surface area (Å²) in [5.74, 6) is 2.27. The zero-order valence-electron chi connectivity index (χ0n) is 19.4. The Hall–Kier alpha value is -2.94. The number of nitrogens with zero attached hydrogens (tertiary/aromatic N) is 2. The number of hydrogen-bond acceptors (Lipinski definition) is 3. The maximum absolute atomic E-state index is 13.9. The van der Waals surface area contributed by atoms with Gasteiger partial charge in [-0.25, -0.2) is 0 Å². The van der Waals surface area contributed by atoms with Gasteiger partial charge in [0.2, 0.25) is 0 Å². The molecular formula is C30H32N2O. The van der Waals surface area contributed by atoms with Crippen molar-refractivity contribution in [3.05, 3.63) is 95.4 Å². The van der Waals surface area contributed by atoms with Crippen LogP contribution in [0.2, 0.25) is 0 Å². The molecule has 0 amide bonds. The van der Waals surface area contributed by atoms with E-state index in [1.807, 2.05) is 12.4 Å². The van der Waals surface area contributed by atoms with Gasteiger partial charge in [0.05, 0.1) is 6.04 Å². The molecule has 0 saturated heterocycles. The van der Waals surface area contributed by atoms with E-state index < -0.39 is 0 Å². The second-order valence-electron chi connectivity index (χ2n) is 10.4. The fraction of sp³-hybridized carbons (Fsp3) is 0.400. The van der Waals surface area contributed by atoms with Gasteiger partial charge in [0.1, 0.15) is 0 Å². The van der Waals surface area contributed by atoms with Crippen LogP contribution >= 0.6 is 0 Å². The molecule has 3 unspecified atom stereocenters. The Morgan fingerprint density at radius 1 is 1.03 bits per heavy atom. The van der Waals surface area contributed by atoms with Crippen molar-refractivity contribution in [1.82, 2.24) is 9.88 Å². The number of fused-ring (bicyclic) bond motifs is 2. The minimum Gasteiger partial charge on any atom is -0.364 e. The SMILES string of the molecule is CN1C(c2ccncc2)=C2C=CC=CC2CC1C(=O)C1CC[C@@H]1CC1Cc2ccccc2C1. The zero-order valence-corrected chi connectivity index (χ0v) is 19.4. The van der Waals surface area contributed by atoms with Gasteiger partial charge < -0.3 is 4.90 Å². The van der Waals surface area contributed by atoms with Crippen molar-refractivity contribution in [2.75, 3.05) is 7.05 Å². The van der Waals surface area contributed by atoms with Crippen molar-refractivity contribution in [2.24, 2.45) is 23.7 Å². The lowest BCUT2D eigenvalue weighted by atomic mass is 9.65. The van der Waals surface area contributed by atoms with E-state index in [1.54, 1.807) is 0 Å². The number of aromatic nitrogens is 1. The number of ketones is 1. The van der Waals surface area contributed by atoms with Crippen LogP contribution in [0.5, 0.6) is 0 Å². The highest BCUT2D eigenvalue weighted by Gasteiger charge is 2.44. The van der Waals surface area contributed by atoms with Crippen molar-refractivity contribution in [1.29, 1.82) is 0 Å². The van der Waals surface area contributed by atoms with E-state index in [1.165, 1.54) is 48.1 Å². The molecule has 0 bridgehead atoms. The van der Waals surface area contributed by atoms with Crippen LogP contribution in [0.3, 0.4) is 0 Å². The predicted molar refractivity (Wildman–Crippen MR) is 132 cm³/mol. The van der Waals surface area contributed by atoms with E-state index in [0.717, 1.165) is 18.4 Å². The molecule has 3 aliphatic carbocycles. The molecule has 3 heteroatoms. The number of likely N-dealkylation sites (N-methyl/N-ethyl adjacent to an activating group) is 1.